The van der Waals surface area contributed by atoms with Gasteiger partial charge in [-0.25, -0.2) is 0 Å². The summed E-state index contributed by atoms with van der Waals surface area (Å²) in [6.45, 7) is 4.85. The third-order valence-electron chi connectivity index (χ3n) is 5.17. The summed E-state index contributed by atoms with van der Waals surface area (Å²) in [6.07, 6.45) is 9.98. The van der Waals surface area contributed by atoms with Gasteiger partial charge < -0.3 is 5.32 Å². The van der Waals surface area contributed by atoms with Gasteiger partial charge in [0.1, 0.15) is 0 Å². The molecular formula is C19H30N2. The largest absolute Gasteiger partial charge is 0.312 e. The molecule has 0 spiro atoms. The van der Waals surface area contributed by atoms with Crippen molar-refractivity contribution in [2.24, 2.45) is 5.92 Å². The molecule has 3 rings (SSSR count). The summed E-state index contributed by atoms with van der Waals surface area (Å²) in [5.41, 5.74) is 1.45. The highest BCUT2D eigenvalue weighted by Crippen LogP contribution is 2.23. The van der Waals surface area contributed by atoms with Crippen molar-refractivity contribution in [1.29, 1.82) is 0 Å². The fourth-order valence-corrected chi connectivity index (χ4v) is 3.93. The number of likely N-dealkylation sites (tertiary alicyclic amines) is 1. The van der Waals surface area contributed by atoms with Crippen LogP contribution in [0.2, 0.25) is 0 Å². The van der Waals surface area contributed by atoms with Crippen LogP contribution in [-0.4, -0.2) is 30.6 Å². The summed E-state index contributed by atoms with van der Waals surface area (Å²) in [5.74, 6) is 0.947. The molecule has 1 heterocycles. The monoisotopic (exact) mass is 286 g/mol. The zero-order valence-corrected chi connectivity index (χ0v) is 13.3. The van der Waals surface area contributed by atoms with Gasteiger partial charge in [-0.3, -0.25) is 4.90 Å². The summed E-state index contributed by atoms with van der Waals surface area (Å²) in [5, 5.41) is 3.87. The van der Waals surface area contributed by atoms with Crippen LogP contribution in [0.3, 0.4) is 0 Å². The summed E-state index contributed by atoms with van der Waals surface area (Å²) < 4.78 is 0. The molecule has 1 aromatic carbocycles. The SMILES string of the molecule is c1ccc(CN2CCCC(NCC3CCCCC3)C2)cc1. The van der Waals surface area contributed by atoms with Gasteiger partial charge in [-0.1, -0.05) is 49.6 Å². The predicted molar refractivity (Wildman–Crippen MR) is 89.3 cm³/mol. The van der Waals surface area contributed by atoms with E-state index >= 15 is 0 Å². The van der Waals surface area contributed by atoms with E-state index in [-0.39, 0.29) is 0 Å². The zero-order valence-electron chi connectivity index (χ0n) is 13.3. The van der Waals surface area contributed by atoms with E-state index in [0.29, 0.717) is 6.04 Å². The van der Waals surface area contributed by atoms with Crippen LogP contribution in [0.4, 0.5) is 0 Å². The summed E-state index contributed by atoms with van der Waals surface area (Å²) in [7, 11) is 0. The molecule has 1 saturated carbocycles. The van der Waals surface area contributed by atoms with E-state index in [1.165, 1.54) is 70.1 Å². The average molecular weight is 286 g/mol. The van der Waals surface area contributed by atoms with Crippen molar-refractivity contribution in [1.82, 2.24) is 10.2 Å². The van der Waals surface area contributed by atoms with Crippen LogP contribution in [0, 0.1) is 5.92 Å². The van der Waals surface area contributed by atoms with Crippen LogP contribution in [0.1, 0.15) is 50.5 Å². The quantitative estimate of drug-likeness (QED) is 0.885. The molecule has 2 aliphatic rings. The first kappa shape index (κ1) is 15.1. The second kappa shape index (κ2) is 7.95. The van der Waals surface area contributed by atoms with E-state index in [0.717, 1.165) is 12.5 Å². The fraction of sp³-hybridized carbons (Fsp3) is 0.684. The molecule has 1 unspecified atom stereocenters. The third-order valence-corrected chi connectivity index (χ3v) is 5.17. The van der Waals surface area contributed by atoms with Gasteiger partial charge in [0.25, 0.3) is 0 Å². The molecule has 1 aromatic rings. The van der Waals surface area contributed by atoms with Gasteiger partial charge in [0.2, 0.25) is 0 Å². The van der Waals surface area contributed by atoms with E-state index in [2.05, 4.69) is 40.5 Å². The van der Waals surface area contributed by atoms with Crippen LogP contribution < -0.4 is 5.32 Å². The highest BCUT2D eigenvalue weighted by atomic mass is 15.2. The second-order valence-corrected chi connectivity index (χ2v) is 6.97. The lowest BCUT2D eigenvalue weighted by Crippen LogP contribution is -2.46. The van der Waals surface area contributed by atoms with Gasteiger partial charge in [-0.2, -0.15) is 0 Å². The Labute approximate surface area is 129 Å². The van der Waals surface area contributed by atoms with E-state index in [4.69, 9.17) is 0 Å². The third kappa shape index (κ3) is 4.82. The Morgan fingerprint density at radius 3 is 2.57 bits per heavy atom. The highest BCUT2D eigenvalue weighted by Gasteiger charge is 2.21. The maximum absolute atomic E-state index is 3.87. The molecule has 1 aliphatic heterocycles. The molecule has 0 radical (unpaired) electrons. The molecule has 1 N–H and O–H groups in total. The lowest BCUT2D eigenvalue weighted by Gasteiger charge is -2.34. The fourth-order valence-electron chi connectivity index (χ4n) is 3.93. The number of nitrogens with one attached hydrogen (secondary N) is 1. The van der Waals surface area contributed by atoms with Gasteiger partial charge in [0.15, 0.2) is 0 Å². The minimum Gasteiger partial charge on any atom is -0.312 e. The minimum absolute atomic E-state index is 0.712. The van der Waals surface area contributed by atoms with E-state index in [1.807, 2.05) is 0 Å². The van der Waals surface area contributed by atoms with Crippen molar-refractivity contribution < 1.29 is 0 Å². The van der Waals surface area contributed by atoms with Crippen LogP contribution in [0.25, 0.3) is 0 Å². The summed E-state index contributed by atoms with van der Waals surface area (Å²) in [4.78, 5) is 2.62. The normalized spacial score (nSPS) is 25.0. The van der Waals surface area contributed by atoms with Gasteiger partial charge in [-0.05, 0) is 50.3 Å². The Kier molecular flexibility index (Phi) is 5.70. The molecule has 2 heteroatoms. The Morgan fingerprint density at radius 1 is 0.952 bits per heavy atom. The standard InChI is InChI=1S/C19H30N2/c1-3-8-17(9-4-1)14-20-19-12-7-13-21(16-19)15-18-10-5-2-6-11-18/h2,5-6,10-11,17,19-20H,1,3-4,7-9,12-16H2. The first-order valence-corrected chi connectivity index (χ1v) is 8.90. The minimum atomic E-state index is 0.712. The average Bonchev–Trinajstić information content (AvgIpc) is 2.55. The summed E-state index contributed by atoms with van der Waals surface area (Å²) >= 11 is 0. The van der Waals surface area contributed by atoms with E-state index < -0.39 is 0 Å². The zero-order chi connectivity index (χ0) is 14.3. The molecule has 2 fully saturated rings. The molecule has 1 atom stereocenters. The Bertz CT molecular complexity index is 397. The number of benzene rings is 1. The maximum Gasteiger partial charge on any atom is 0.0234 e. The lowest BCUT2D eigenvalue weighted by atomic mass is 9.89. The van der Waals surface area contributed by atoms with E-state index in [1.54, 1.807) is 0 Å². The predicted octanol–water partition coefficient (Wildman–Crippen LogP) is 3.82. The van der Waals surface area contributed by atoms with Crippen molar-refractivity contribution in [3.63, 3.8) is 0 Å². The summed E-state index contributed by atoms with van der Waals surface area (Å²) in [6, 6.07) is 11.6. The van der Waals surface area contributed by atoms with Crippen LogP contribution >= 0.6 is 0 Å². The molecule has 116 valence electrons. The number of rotatable bonds is 5. The Morgan fingerprint density at radius 2 is 1.76 bits per heavy atom. The molecule has 1 aliphatic carbocycles. The molecule has 21 heavy (non-hydrogen) atoms. The maximum atomic E-state index is 3.87. The Hall–Kier alpha value is -0.860. The van der Waals surface area contributed by atoms with Crippen molar-refractivity contribution in [2.75, 3.05) is 19.6 Å². The van der Waals surface area contributed by atoms with E-state index in [9.17, 15) is 0 Å². The van der Waals surface area contributed by atoms with Gasteiger partial charge in [0.05, 0.1) is 0 Å². The van der Waals surface area contributed by atoms with Crippen molar-refractivity contribution in [3.05, 3.63) is 35.9 Å². The van der Waals surface area contributed by atoms with Crippen LogP contribution in [-0.2, 0) is 6.54 Å². The molecule has 1 saturated heterocycles. The van der Waals surface area contributed by atoms with Crippen molar-refractivity contribution in [3.8, 4) is 0 Å². The van der Waals surface area contributed by atoms with Crippen molar-refractivity contribution in [2.45, 2.75) is 57.5 Å². The number of nitrogens with zero attached hydrogens (tertiary/aromatic N) is 1. The first-order valence-electron chi connectivity index (χ1n) is 8.90. The topological polar surface area (TPSA) is 15.3 Å². The van der Waals surface area contributed by atoms with Gasteiger partial charge in [0, 0.05) is 19.1 Å². The number of hydrogen-bond acceptors (Lipinski definition) is 2. The second-order valence-electron chi connectivity index (χ2n) is 6.97. The molecule has 2 nitrogen and oxygen atoms in total. The van der Waals surface area contributed by atoms with Crippen LogP contribution in [0.15, 0.2) is 30.3 Å². The number of hydrogen-bond donors (Lipinski definition) is 1. The molecule has 0 amide bonds. The highest BCUT2D eigenvalue weighted by molar-refractivity contribution is 5.14. The molecule has 0 aromatic heterocycles. The first-order chi connectivity index (χ1) is 10.4. The number of piperidine rings is 1. The van der Waals surface area contributed by atoms with Gasteiger partial charge >= 0.3 is 0 Å². The van der Waals surface area contributed by atoms with Crippen LogP contribution in [0.5, 0.6) is 0 Å². The van der Waals surface area contributed by atoms with Crippen molar-refractivity contribution >= 4 is 0 Å². The molecule has 0 bridgehead atoms. The Balaban J connectivity index is 1.42. The molecular weight excluding hydrogens is 256 g/mol. The van der Waals surface area contributed by atoms with Gasteiger partial charge in [-0.15, -0.1) is 0 Å². The lowest BCUT2D eigenvalue weighted by molar-refractivity contribution is 0.177. The smallest absolute Gasteiger partial charge is 0.0234 e.